The van der Waals surface area contributed by atoms with Gasteiger partial charge in [0.2, 0.25) is 11.8 Å². The van der Waals surface area contributed by atoms with E-state index in [0.717, 1.165) is 0 Å². The molecule has 1 heterocycles. The first-order chi connectivity index (χ1) is 10.5. The zero-order valence-corrected chi connectivity index (χ0v) is 12.0. The van der Waals surface area contributed by atoms with Gasteiger partial charge in [0.1, 0.15) is 11.8 Å². The van der Waals surface area contributed by atoms with Crippen LogP contribution in [-0.4, -0.2) is 47.0 Å². The summed E-state index contributed by atoms with van der Waals surface area (Å²) >= 11 is 0. The van der Waals surface area contributed by atoms with Gasteiger partial charge in [0, 0.05) is 12.1 Å². The Morgan fingerprint density at radius 1 is 1.36 bits per heavy atom. The Hall–Kier alpha value is -2.57. The third-order valence-electron chi connectivity index (χ3n) is 3.56. The molecule has 2 rings (SSSR count). The molecule has 0 aromatic heterocycles. The van der Waals surface area contributed by atoms with Gasteiger partial charge in [-0.15, -0.1) is 0 Å². The van der Waals surface area contributed by atoms with Gasteiger partial charge < -0.3 is 20.5 Å². The summed E-state index contributed by atoms with van der Waals surface area (Å²) in [4.78, 5) is 35.5. The van der Waals surface area contributed by atoms with Crippen LogP contribution < -0.4 is 10.5 Å². The van der Waals surface area contributed by atoms with Crippen molar-refractivity contribution in [1.29, 1.82) is 0 Å². The Labute approximate surface area is 127 Å². The summed E-state index contributed by atoms with van der Waals surface area (Å²) in [5.74, 6) is -1.32. The van der Waals surface area contributed by atoms with Gasteiger partial charge >= 0.3 is 5.97 Å². The molecule has 0 aliphatic carbocycles. The van der Waals surface area contributed by atoms with Gasteiger partial charge in [-0.3, -0.25) is 9.59 Å². The predicted octanol–water partition coefficient (Wildman–Crippen LogP) is 0.630. The Morgan fingerprint density at radius 3 is 2.82 bits per heavy atom. The van der Waals surface area contributed by atoms with Gasteiger partial charge in [0.05, 0.1) is 13.0 Å². The third kappa shape index (κ3) is 3.75. The van der Waals surface area contributed by atoms with Crippen molar-refractivity contribution in [1.82, 2.24) is 4.90 Å². The molecular formula is C15H18N2O5. The Balaban J connectivity index is 1.86. The number of aliphatic carboxylic acids is 1. The second-order valence-corrected chi connectivity index (χ2v) is 5.07. The normalized spacial score (nSPS) is 17.3. The summed E-state index contributed by atoms with van der Waals surface area (Å²) < 4.78 is 5.42. The van der Waals surface area contributed by atoms with Crippen LogP contribution in [0.4, 0.5) is 0 Å². The van der Waals surface area contributed by atoms with E-state index in [9.17, 15) is 14.4 Å². The summed E-state index contributed by atoms with van der Waals surface area (Å²) in [5, 5.41) is 9.05. The van der Waals surface area contributed by atoms with E-state index >= 15 is 0 Å². The molecule has 0 unspecified atom stereocenters. The number of carboxylic acids is 1. The minimum Gasteiger partial charge on any atom is -0.493 e. The molecular weight excluding hydrogens is 288 g/mol. The monoisotopic (exact) mass is 306 g/mol. The number of primary amides is 1. The lowest BCUT2D eigenvalue weighted by Crippen LogP contribution is -2.40. The Bertz CT molecular complexity index is 587. The van der Waals surface area contributed by atoms with Gasteiger partial charge in [-0.1, -0.05) is 6.07 Å². The molecule has 1 aliphatic heterocycles. The minimum atomic E-state index is -0.971. The van der Waals surface area contributed by atoms with Gasteiger partial charge in [-0.25, -0.2) is 4.79 Å². The van der Waals surface area contributed by atoms with Crippen molar-refractivity contribution in [2.24, 2.45) is 5.73 Å². The van der Waals surface area contributed by atoms with Gasteiger partial charge in [-0.05, 0) is 31.0 Å². The van der Waals surface area contributed by atoms with E-state index in [0.29, 0.717) is 30.7 Å². The molecule has 1 aromatic carbocycles. The number of likely N-dealkylation sites (tertiary alicyclic amines) is 1. The first-order valence-corrected chi connectivity index (χ1v) is 7.04. The van der Waals surface area contributed by atoms with E-state index in [-0.39, 0.29) is 18.9 Å². The van der Waals surface area contributed by atoms with Crippen LogP contribution in [0.15, 0.2) is 24.3 Å². The van der Waals surface area contributed by atoms with Crippen LogP contribution in [-0.2, 0) is 9.59 Å². The predicted molar refractivity (Wildman–Crippen MR) is 77.4 cm³/mol. The highest BCUT2D eigenvalue weighted by Crippen LogP contribution is 2.19. The molecule has 1 aliphatic rings. The van der Waals surface area contributed by atoms with Crippen LogP contribution in [0.25, 0.3) is 0 Å². The molecule has 22 heavy (non-hydrogen) atoms. The lowest BCUT2D eigenvalue weighted by Gasteiger charge is -2.21. The Kier molecular flexibility index (Phi) is 4.98. The number of hydrogen-bond donors (Lipinski definition) is 2. The van der Waals surface area contributed by atoms with E-state index in [1.165, 1.54) is 11.0 Å². The second kappa shape index (κ2) is 6.93. The molecule has 1 fully saturated rings. The third-order valence-corrected chi connectivity index (χ3v) is 3.56. The topological polar surface area (TPSA) is 110 Å². The smallest absolute Gasteiger partial charge is 0.326 e. The number of carbonyl (C=O) groups excluding carboxylic acids is 2. The largest absolute Gasteiger partial charge is 0.493 e. The fourth-order valence-corrected chi connectivity index (χ4v) is 2.46. The molecule has 3 N–H and O–H groups in total. The highest BCUT2D eigenvalue weighted by Gasteiger charge is 2.33. The molecule has 7 nitrogen and oxygen atoms in total. The van der Waals surface area contributed by atoms with Crippen LogP contribution in [0.5, 0.6) is 5.75 Å². The fourth-order valence-electron chi connectivity index (χ4n) is 2.46. The van der Waals surface area contributed by atoms with Crippen molar-refractivity contribution in [3.8, 4) is 5.75 Å². The van der Waals surface area contributed by atoms with E-state index in [1.54, 1.807) is 18.2 Å². The van der Waals surface area contributed by atoms with Gasteiger partial charge in [0.25, 0.3) is 0 Å². The molecule has 118 valence electrons. The SMILES string of the molecule is NC(=O)c1cccc(OCCC(=O)N2CCC[C@H]2C(=O)O)c1. The quantitative estimate of drug-likeness (QED) is 0.801. The number of amides is 2. The summed E-state index contributed by atoms with van der Waals surface area (Å²) in [6.45, 7) is 0.580. The molecule has 0 bridgehead atoms. The molecule has 0 saturated carbocycles. The Morgan fingerprint density at radius 2 is 2.14 bits per heavy atom. The number of benzene rings is 1. The minimum absolute atomic E-state index is 0.0879. The lowest BCUT2D eigenvalue weighted by molar-refractivity contribution is -0.148. The number of hydrogen-bond acceptors (Lipinski definition) is 4. The summed E-state index contributed by atoms with van der Waals surface area (Å²) in [6, 6.07) is 5.64. The van der Waals surface area contributed by atoms with E-state index in [4.69, 9.17) is 15.6 Å². The van der Waals surface area contributed by atoms with Gasteiger partial charge in [-0.2, -0.15) is 0 Å². The average Bonchev–Trinajstić information content (AvgIpc) is 2.97. The lowest BCUT2D eigenvalue weighted by atomic mass is 10.2. The summed E-state index contributed by atoms with van der Waals surface area (Å²) in [5.41, 5.74) is 5.50. The number of ether oxygens (including phenoxy) is 1. The van der Waals surface area contributed by atoms with Crippen molar-refractivity contribution >= 4 is 17.8 Å². The second-order valence-electron chi connectivity index (χ2n) is 5.07. The van der Waals surface area contributed by atoms with Crippen LogP contribution in [0, 0.1) is 0 Å². The fraction of sp³-hybridized carbons (Fsp3) is 0.400. The molecule has 1 atom stereocenters. The van der Waals surface area contributed by atoms with Crippen molar-refractivity contribution in [3.05, 3.63) is 29.8 Å². The number of rotatable bonds is 6. The zero-order valence-electron chi connectivity index (χ0n) is 12.0. The maximum Gasteiger partial charge on any atom is 0.326 e. The maximum absolute atomic E-state index is 12.0. The van der Waals surface area contributed by atoms with E-state index in [1.807, 2.05) is 0 Å². The number of carboxylic acid groups (broad SMARTS) is 1. The number of carbonyl (C=O) groups is 3. The average molecular weight is 306 g/mol. The molecule has 0 radical (unpaired) electrons. The maximum atomic E-state index is 12.0. The molecule has 7 heteroatoms. The molecule has 0 spiro atoms. The molecule has 1 saturated heterocycles. The highest BCUT2D eigenvalue weighted by atomic mass is 16.5. The van der Waals surface area contributed by atoms with Crippen LogP contribution in [0.3, 0.4) is 0 Å². The molecule has 1 aromatic rings. The number of nitrogens with two attached hydrogens (primary N) is 1. The summed E-state index contributed by atoms with van der Waals surface area (Å²) in [7, 11) is 0. The van der Waals surface area contributed by atoms with E-state index < -0.39 is 17.9 Å². The van der Waals surface area contributed by atoms with Crippen molar-refractivity contribution < 1.29 is 24.2 Å². The van der Waals surface area contributed by atoms with Crippen molar-refractivity contribution in [2.45, 2.75) is 25.3 Å². The highest BCUT2D eigenvalue weighted by molar-refractivity contribution is 5.93. The number of nitrogens with zero attached hydrogens (tertiary/aromatic N) is 1. The van der Waals surface area contributed by atoms with Crippen LogP contribution in [0.1, 0.15) is 29.6 Å². The van der Waals surface area contributed by atoms with Crippen molar-refractivity contribution in [3.63, 3.8) is 0 Å². The first-order valence-electron chi connectivity index (χ1n) is 7.04. The molecule has 2 amide bonds. The first kappa shape index (κ1) is 15.8. The standard InChI is InChI=1S/C15H18N2O5/c16-14(19)10-3-1-4-11(9-10)22-8-6-13(18)17-7-2-5-12(17)15(20)21/h1,3-4,9,12H,2,5-8H2,(H2,16,19)(H,20,21)/t12-/m0/s1. The summed E-state index contributed by atoms with van der Waals surface area (Å²) in [6.07, 6.45) is 1.28. The van der Waals surface area contributed by atoms with E-state index in [2.05, 4.69) is 0 Å². The van der Waals surface area contributed by atoms with Gasteiger partial charge in [0.15, 0.2) is 0 Å². The van der Waals surface area contributed by atoms with Crippen LogP contribution in [0.2, 0.25) is 0 Å². The zero-order chi connectivity index (χ0) is 16.1. The van der Waals surface area contributed by atoms with Crippen LogP contribution >= 0.6 is 0 Å². The van der Waals surface area contributed by atoms with Crippen molar-refractivity contribution in [2.75, 3.05) is 13.2 Å².